The van der Waals surface area contributed by atoms with Crippen LogP contribution in [0.2, 0.25) is 0 Å². The van der Waals surface area contributed by atoms with Gasteiger partial charge in [0.1, 0.15) is 0 Å². The van der Waals surface area contributed by atoms with Crippen molar-refractivity contribution in [1.29, 1.82) is 0 Å². The van der Waals surface area contributed by atoms with Crippen LogP contribution in [0.3, 0.4) is 0 Å². The second-order valence-electron chi connectivity index (χ2n) is 4.40. The Hall–Kier alpha value is -1.08. The van der Waals surface area contributed by atoms with E-state index >= 15 is 0 Å². The molecule has 88 valence electrons. The summed E-state index contributed by atoms with van der Waals surface area (Å²) < 4.78 is 0. The summed E-state index contributed by atoms with van der Waals surface area (Å²) in [5.41, 5.74) is 8.88. The monoisotopic (exact) mass is 217 g/mol. The van der Waals surface area contributed by atoms with E-state index in [1.165, 1.54) is 11.1 Å². The molecule has 0 spiro atoms. The van der Waals surface area contributed by atoms with Crippen LogP contribution in [-0.4, -0.2) is 6.04 Å². The van der Waals surface area contributed by atoms with Gasteiger partial charge < -0.3 is 5.73 Å². The summed E-state index contributed by atoms with van der Waals surface area (Å²) in [6, 6.07) is 10.7. The number of hydrogen-bond donors (Lipinski definition) is 1. The summed E-state index contributed by atoms with van der Waals surface area (Å²) in [7, 11) is 0. The Balaban J connectivity index is 2.71. The zero-order valence-electron chi connectivity index (χ0n) is 10.4. The molecule has 2 unspecified atom stereocenters. The van der Waals surface area contributed by atoms with Crippen LogP contribution in [0, 0.1) is 0 Å². The van der Waals surface area contributed by atoms with E-state index in [-0.39, 0.29) is 6.04 Å². The molecule has 16 heavy (non-hydrogen) atoms. The summed E-state index contributed by atoms with van der Waals surface area (Å²) in [5.74, 6) is 0.449. The fourth-order valence-electron chi connectivity index (χ4n) is 2.11. The summed E-state index contributed by atoms with van der Waals surface area (Å²) in [4.78, 5) is 0. The van der Waals surface area contributed by atoms with Crippen LogP contribution in [0.25, 0.3) is 0 Å². The quantitative estimate of drug-likeness (QED) is 0.719. The molecule has 0 radical (unpaired) electrons. The van der Waals surface area contributed by atoms with Gasteiger partial charge in [-0.2, -0.15) is 0 Å². The first kappa shape index (κ1) is 13.0. The fourth-order valence-corrected chi connectivity index (χ4v) is 2.11. The topological polar surface area (TPSA) is 26.0 Å². The van der Waals surface area contributed by atoms with Crippen molar-refractivity contribution in [2.24, 2.45) is 5.73 Å². The van der Waals surface area contributed by atoms with Gasteiger partial charge >= 0.3 is 0 Å². The smallest absolute Gasteiger partial charge is 0.0145 e. The van der Waals surface area contributed by atoms with E-state index in [0.29, 0.717) is 5.92 Å². The highest BCUT2D eigenvalue weighted by molar-refractivity contribution is 5.21. The van der Waals surface area contributed by atoms with Crippen molar-refractivity contribution in [3.05, 3.63) is 48.0 Å². The minimum atomic E-state index is 0.194. The van der Waals surface area contributed by atoms with Crippen LogP contribution in [0.5, 0.6) is 0 Å². The van der Waals surface area contributed by atoms with Gasteiger partial charge in [-0.05, 0) is 30.7 Å². The average molecular weight is 217 g/mol. The normalized spacial score (nSPS) is 14.4. The van der Waals surface area contributed by atoms with Crippen molar-refractivity contribution >= 4 is 0 Å². The lowest BCUT2D eigenvalue weighted by molar-refractivity contribution is 0.510. The first-order chi connectivity index (χ1) is 7.69. The molecule has 0 aliphatic rings. The highest BCUT2D eigenvalue weighted by atomic mass is 14.6. The average Bonchev–Trinajstić information content (AvgIpc) is 2.31. The molecule has 1 heteroatoms. The Labute approximate surface area is 99.4 Å². The molecule has 1 aromatic carbocycles. The maximum atomic E-state index is 6.28. The van der Waals surface area contributed by atoms with Crippen LogP contribution in [0.1, 0.15) is 44.6 Å². The maximum absolute atomic E-state index is 6.28. The third-order valence-corrected chi connectivity index (χ3v) is 3.21. The lowest BCUT2D eigenvalue weighted by Gasteiger charge is -2.23. The predicted molar refractivity (Wildman–Crippen MR) is 71.5 cm³/mol. The number of rotatable bonds is 6. The minimum absolute atomic E-state index is 0.194. The molecule has 1 nitrogen and oxygen atoms in total. The van der Waals surface area contributed by atoms with Crippen LogP contribution in [0.15, 0.2) is 42.5 Å². The van der Waals surface area contributed by atoms with Crippen LogP contribution in [0.4, 0.5) is 0 Å². The summed E-state index contributed by atoms with van der Waals surface area (Å²) >= 11 is 0. The third kappa shape index (κ3) is 3.49. The van der Waals surface area contributed by atoms with Crippen LogP contribution >= 0.6 is 0 Å². The number of benzene rings is 1. The third-order valence-electron chi connectivity index (χ3n) is 3.21. The molecule has 0 heterocycles. The lowest BCUT2D eigenvalue weighted by Crippen LogP contribution is -2.28. The standard InChI is InChI=1S/C15H23N/c1-4-12(3)11-15(16)14(5-2)13-9-7-6-8-10-13/h6-10,14-15H,3-5,11,16H2,1-2H3. The SMILES string of the molecule is C=C(CC)CC(N)C(CC)c1ccccc1. The summed E-state index contributed by atoms with van der Waals surface area (Å²) in [5, 5.41) is 0. The summed E-state index contributed by atoms with van der Waals surface area (Å²) in [6.45, 7) is 8.38. The Kier molecular flexibility index (Phi) is 5.27. The molecular formula is C15H23N. The van der Waals surface area contributed by atoms with Gasteiger partial charge in [-0.25, -0.2) is 0 Å². The molecule has 0 aliphatic heterocycles. The van der Waals surface area contributed by atoms with Gasteiger partial charge in [-0.3, -0.25) is 0 Å². The van der Waals surface area contributed by atoms with Gasteiger partial charge in [0.2, 0.25) is 0 Å². The van der Waals surface area contributed by atoms with Gasteiger partial charge in [0.15, 0.2) is 0 Å². The first-order valence-electron chi connectivity index (χ1n) is 6.16. The molecule has 0 fully saturated rings. The first-order valence-corrected chi connectivity index (χ1v) is 6.16. The number of hydrogen-bond acceptors (Lipinski definition) is 1. The zero-order valence-corrected chi connectivity index (χ0v) is 10.4. The van der Waals surface area contributed by atoms with Crippen molar-refractivity contribution in [3.63, 3.8) is 0 Å². The van der Waals surface area contributed by atoms with Gasteiger partial charge in [-0.1, -0.05) is 56.3 Å². The van der Waals surface area contributed by atoms with Crippen molar-refractivity contribution in [2.75, 3.05) is 0 Å². The molecule has 1 aromatic rings. The van der Waals surface area contributed by atoms with Crippen molar-refractivity contribution in [2.45, 2.75) is 45.1 Å². The largest absolute Gasteiger partial charge is 0.327 e. The molecule has 0 saturated heterocycles. The second-order valence-corrected chi connectivity index (χ2v) is 4.40. The molecule has 2 atom stereocenters. The molecule has 0 bridgehead atoms. The maximum Gasteiger partial charge on any atom is 0.0145 e. The Morgan fingerprint density at radius 3 is 2.38 bits per heavy atom. The molecule has 0 amide bonds. The van der Waals surface area contributed by atoms with Gasteiger partial charge in [0.05, 0.1) is 0 Å². The lowest BCUT2D eigenvalue weighted by atomic mass is 9.86. The van der Waals surface area contributed by atoms with E-state index in [9.17, 15) is 0 Å². The van der Waals surface area contributed by atoms with E-state index in [4.69, 9.17) is 5.73 Å². The van der Waals surface area contributed by atoms with E-state index in [0.717, 1.165) is 19.3 Å². The van der Waals surface area contributed by atoms with E-state index in [2.05, 4.69) is 44.7 Å². The van der Waals surface area contributed by atoms with Crippen LogP contribution in [-0.2, 0) is 0 Å². The number of nitrogens with two attached hydrogens (primary N) is 1. The summed E-state index contributed by atoms with van der Waals surface area (Å²) in [6.07, 6.45) is 3.05. The molecule has 0 saturated carbocycles. The van der Waals surface area contributed by atoms with E-state index in [1.54, 1.807) is 0 Å². The van der Waals surface area contributed by atoms with E-state index < -0.39 is 0 Å². The van der Waals surface area contributed by atoms with Gasteiger partial charge in [-0.15, -0.1) is 0 Å². The van der Waals surface area contributed by atoms with Crippen molar-refractivity contribution in [3.8, 4) is 0 Å². The van der Waals surface area contributed by atoms with Crippen molar-refractivity contribution in [1.82, 2.24) is 0 Å². The molecule has 0 aliphatic carbocycles. The van der Waals surface area contributed by atoms with E-state index in [1.807, 2.05) is 6.07 Å². The second kappa shape index (κ2) is 6.49. The van der Waals surface area contributed by atoms with Gasteiger partial charge in [0, 0.05) is 6.04 Å². The Bertz CT molecular complexity index is 315. The van der Waals surface area contributed by atoms with Crippen LogP contribution < -0.4 is 5.73 Å². The molecule has 1 rings (SSSR count). The predicted octanol–water partition coefficient (Wildman–Crippen LogP) is 3.86. The Morgan fingerprint density at radius 1 is 1.25 bits per heavy atom. The fraction of sp³-hybridized carbons (Fsp3) is 0.467. The highest BCUT2D eigenvalue weighted by Crippen LogP contribution is 2.25. The van der Waals surface area contributed by atoms with Gasteiger partial charge in [0.25, 0.3) is 0 Å². The van der Waals surface area contributed by atoms with Crippen molar-refractivity contribution < 1.29 is 0 Å². The highest BCUT2D eigenvalue weighted by Gasteiger charge is 2.17. The molecular weight excluding hydrogens is 194 g/mol. The molecule has 0 aromatic heterocycles. The molecule has 2 N–H and O–H groups in total. The Morgan fingerprint density at radius 2 is 1.88 bits per heavy atom. The minimum Gasteiger partial charge on any atom is -0.327 e. The zero-order chi connectivity index (χ0) is 12.0.